The molecule has 6 heteroatoms. The van der Waals surface area contributed by atoms with Gasteiger partial charge in [0.1, 0.15) is 0 Å². The molecule has 0 spiro atoms. The van der Waals surface area contributed by atoms with Crippen LogP contribution in [0.1, 0.15) is 24.8 Å². The van der Waals surface area contributed by atoms with E-state index < -0.39 is 0 Å². The van der Waals surface area contributed by atoms with Gasteiger partial charge in [-0.15, -0.1) is 23.7 Å². The summed E-state index contributed by atoms with van der Waals surface area (Å²) in [6.45, 7) is 3.96. The van der Waals surface area contributed by atoms with E-state index in [2.05, 4.69) is 28.6 Å². The van der Waals surface area contributed by atoms with Gasteiger partial charge in [-0.2, -0.15) is 0 Å². The van der Waals surface area contributed by atoms with Crippen molar-refractivity contribution in [2.45, 2.75) is 32.2 Å². The van der Waals surface area contributed by atoms with E-state index in [9.17, 15) is 4.79 Å². The molecule has 3 rings (SSSR count). The summed E-state index contributed by atoms with van der Waals surface area (Å²) in [5.74, 6) is 0.370. The van der Waals surface area contributed by atoms with Crippen molar-refractivity contribution >= 4 is 39.9 Å². The van der Waals surface area contributed by atoms with Crippen molar-refractivity contribution in [3.05, 3.63) is 29.3 Å². The van der Waals surface area contributed by atoms with Gasteiger partial charge in [-0.25, -0.2) is 4.98 Å². The van der Waals surface area contributed by atoms with Gasteiger partial charge in [0.25, 0.3) is 0 Å². The van der Waals surface area contributed by atoms with Crippen LogP contribution in [0.4, 0.5) is 0 Å². The van der Waals surface area contributed by atoms with E-state index in [-0.39, 0.29) is 30.3 Å². The lowest BCUT2D eigenvalue weighted by Crippen LogP contribution is -2.42. The first-order valence-corrected chi connectivity index (χ1v) is 8.39. The van der Waals surface area contributed by atoms with E-state index in [1.54, 1.807) is 11.3 Å². The Bertz CT molecular complexity index is 592. The normalized spacial score (nSPS) is 17.0. The number of halogens is 1. The van der Waals surface area contributed by atoms with Crippen LogP contribution in [0.2, 0.25) is 0 Å². The van der Waals surface area contributed by atoms with Gasteiger partial charge < -0.3 is 10.6 Å². The Hall–Kier alpha value is -1.17. The lowest BCUT2D eigenvalue weighted by atomic mass is 9.97. The standard InChI is InChI=1S/C16H21N3OS.ClH/c1-11(18-16(20)12-6-8-17-9-7-12)10-15-19-13-4-2-3-5-14(13)21-15;/h2-5,11-12,17H,6-10H2,1H3,(H,18,20);1H. The highest BCUT2D eigenvalue weighted by molar-refractivity contribution is 7.18. The Morgan fingerprint density at radius 3 is 2.86 bits per heavy atom. The second-order valence-corrected chi connectivity index (χ2v) is 6.83. The SMILES string of the molecule is CC(Cc1nc2ccccc2s1)NC(=O)C1CCNCC1.Cl. The Morgan fingerprint density at radius 1 is 1.41 bits per heavy atom. The fraction of sp³-hybridized carbons (Fsp3) is 0.500. The van der Waals surface area contributed by atoms with E-state index in [1.165, 1.54) is 4.70 Å². The Kier molecular flexibility index (Phi) is 6.17. The summed E-state index contributed by atoms with van der Waals surface area (Å²) in [5.41, 5.74) is 1.05. The van der Waals surface area contributed by atoms with Gasteiger partial charge in [0.05, 0.1) is 15.2 Å². The summed E-state index contributed by atoms with van der Waals surface area (Å²) >= 11 is 1.72. The van der Waals surface area contributed by atoms with Crippen molar-refractivity contribution in [1.29, 1.82) is 0 Å². The fourth-order valence-electron chi connectivity index (χ4n) is 2.77. The lowest BCUT2D eigenvalue weighted by molar-refractivity contribution is -0.126. The Balaban J connectivity index is 0.00000176. The fourth-order valence-corrected chi connectivity index (χ4v) is 3.86. The zero-order chi connectivity index (χ0) is 14.7. The number of carbonyl (C=O) groups is 1. The number of rotatable bonds is 4. The number of nitrogens with one attached hydrogen (secondary N) is 2. The number of fused-ring (bicyclic) bond motifs is 1. The Morgan fingerprint density at radius 2 is 2.14 bits per heavy atom. The molecule has 2 aromatic rings. The highest BCUT2D eigenvalue weighted by atomic mass is 35.5. The van der Waals surface area contributed by atoms with Gasteiger partial charge in [0.2, 0.25) is 5.91 Å². The summed E-state index contributed by atoms with van der Waals surface area (Å²) < 4.78 is 1.21. The molecule has 120 valence electrons. The molecule has 1 amide bonds. The molecule has 4 nitrogen and oxygen atoms in total. The minimum atomic E-state index is 0. The topological polar surface area (TPSA) is 54.0 Å². The van der Waals surface area contributed by atoms with Crippen LogP contribution in [-0.4, -0.2) is 30.0 Å². The molecule has 1 atom stereocenters. The number of hydrogen-bond donors (Lipinski definition) is 2. The number of amides is 1. The van der Waals surface area contributed by atoms with Crippen molar-refractivity contribution in [3.8, 4) is 0 Å². The zero-order valence-corrected chi connectivity index (χ0v) is 14.3. The monoisotopic (exact) mass is 339 g/mol. The first-order chi connectivity index (χ1) is 10.2. The van der Waals surface area contributed by atoms with Crippen molar-refractivity contribution in [2.24, 2.45) is 5.92 Å². The largest absolute Gasteiger partial charge is 0.353 e. The molecule has 1 aliphatic heterocycles. The van der Waals surface area contributed by atoms with Gasteiger partial charge in [-0.3, -0.25) is 4.79 Å². The van der Waals surface area contributed by atoms with E-state index in [0.717, 1.165) is 42.9 Å². The number of hydrogen-bond acceptors (Lipinski definition) is 4. The number of thiazole rings is 1. The minimum Gasteiger partial charge on any atom is -0.353 e. The third-order valence-corrected chi connectivity index (χ3v) is 4.98. The second-order valence-electron chi connectivity index (χ2n) is 5.71. The predicted molar refractivity (Wildman–Crippen MR) is 93.8 cm³/mol. The summed E-state index contributed by atoms with van der Waals surface area (Å²) in [6, 6.07) is 8.30. The van der Waals surface area contributed by atoms with Gasteiger partial charge in [0, 0.05) is 18.4 Å². The van der Waals surface area contributed by atoms with Crippen LogP contribution in [-0.2, 0) is 11.2 Å². The van der Waals surface area contributed by atoms with Crippen LogP contribution in [0.15, 0.2) is 24.3 Å². The van der Waals surface area contributed by atoms with Crippen LogP contribution in [0.25, 0.3) is 10.2 Å². The zero-order valence-electron chi connectivity index (χ0n) is 12.7. The van der Waals surface area contributed by atoms with E-state index in [1.807, 2.05) is 18.2 Å². The van der Waals surface area contributed by atoms with Crippen molar-refractivity contribution in [1.82, 2.24) is 15.6 Å². The highest BCUT2D eigenvalue weighted by Gasteiger charge is 2.22. The lowest BCUT2D eigenvalue weighted by Gasteiger charge is -2.23. The van der Waals surface area contributed by atoms with E-state index >= 15 is 0 Å². The average Bonchev–Trinajstić information content (AvgIpc) is 2.90. The van der Waals surface area contributed by atoms with Crippen molar-refractivity contribution in [2.75, 3.05) is 13.1 Å². The molecule has 1 unspecified atom stereocenters. The summed E-state index contributed by atoms with van der Waals surface area (Å²) in [5, 5.41) is 7.52. The van der Waals surface area contributed by atoms with E-state index in [4.69, 9.17) is 0 Å². The molecule has 1 fully saturated rings. The van der Waals surface area contributed by atoms with Gasteiger partial charge in [0.15, 0.2) is 0 Å². The molecule has 1 aromatic carbocycles. The number of nitrogens with zero attached hydrogens (tertiary/aromatic N) is 1. The molecule has 2 N–H and O–H groups in total. The van der Waals surface area contributed by atoms with E-state index in [0.29, 0.717) is 0 Å². The van der Waals surface area contributed by atoms with Crippen LogP contribution in [0.5, 0.6) is 0 Å². The van der Waals surface area contributed by atoms with Crippen molar-refractivity contribution < 1.29 is 4.79 Å². The van der Waals surface area contributed by atoms with Crippen molar-refractivity contribution in [3.63, 3.8) is 0 Å². The molecule has 0 radical (unpaired) electrons. The molecule has 1 aromatic heterocycles. The number of aromatic nitrogens is 1. The molecule has 0 bridgehead atoms. The quantitative estimate of drug-likeness (QED) is 0.900. The van der Waals surface area contributed by atoms with Crippen LogP contribution >= 0.6 is 23.7 Å². The number of carbonyl (C=O) groups excluding carboxylic acids is 1. The maximum Gasteiger partial charge on any atom is 0.223 e. The smallest absolute Gasteiger partial charge is 0.223 e. The van der Waals surface area contributed by atoms with Crippen LogP contribution in [0.3, 0.4) is 0 Å². The summed E-state index contributed by atoms with van der Waals surface area (Å²) in [4.78, 5) is 16.8. The molecule has 0 aliphatic carbocycles. The number of piperidine rings is 1. The predicted octanol–water partition coefficient (Wildman–Crippen LogP) is 2.76. The molecular formula is C16H22ClN3OS. The summed E-state index contributed by atoms with van der Waals surface area (Å²) in [7, 11) is 0. The third-order valence-electron chi connectivity index (χ3n) is 3.92. The maximum atomic E-state index is 12.2. The molecule has 22 heavy (non-hydrogen) atoms. The Labute approximate surface area is 141 Å². The molecule has 2 heterocycles. The molecule has 1 aliphatic rings. The molecule has 0 saturated carbocycles. The van der Waals surface area contributed by atoms with Crippen LogP contribution < -0.4 is 10.6 Å². The summed E-state index contributed by atoms with van der Waals surface area (Å²) in [6.07, 6.45) is 2.69. The number of para-hydroxylation sites is 1. The highest BCUT2D eigenvalue weighted by Crippen LogP contribution is 2.22. The number of benzene rings is 1. The maximum absolute atomic E-state index is 12.2. The van der Waals surface area contributed by atoms with Gasteiger partial charge >= 0.3 is 0 Å². The minimum absolute atomic E-state index is 0. The molecule has 1 saturated heterocycles. The van der Waals surface area contributed by atoms with Gasteiger partial charge in [-0.05, 0) is 45.0 Å². The first-order valence-electron chi connectivity index (χ1n) is 7.58. The third kappa shape index (κ3) is 4.18. The second kappa shape index (κ2) is 7.90. The first kappa shape index (κ1) is 17.2. The van der Waals surface area contributed by atoms with Gasteiger partial charge in [-0.1, -0.05) is 12.1 Å². The average molecular weight is 340 g/mol. The van der Waals surface area contributed by atoms with Crippen LogP contribution in [0, 0.1) is 5.92 Å². The molecular weight excluding hydrogens is 318 g/mol.